The second-order valence-corrected chi connectivity index (χ2v) is 9.96. The van der Waals surface area contributed by atoms with Crippen LogP contribution < -0.4 is 9.47 Å². The fourth-order valence-corrected chi connectivity index (χ4v) is 5.80. The maximum atomic E-state index is 11.9. The van der Waals surface area contributed by atoms with Gasteiger partial charge in [0, 0.05) is 36.5 Å². The van der Waals surface area contributed by atoms with E-state index in [4.69, 9.17) is 14.5 Å². The molecular formula is C27H23N5O4S. The predicted octanol–water partition coefficient (Wildman–Crippen LogP) is 5.10. The number of hydrogen-bond acceptors (Lipinski definition) is 8. The van der Waals surface area contributed by atoms with Gasteiger partial charge in [0.2, 0.25) is 5.88 Å². The Balaban J connectivity index is 1.31. The number of nitrogens with zero attached hydrogens (tertiary/aromatic N) is 5. The minimum absolute atomic E-state index is 0.263. The van der Waals surface area contributed by atoms with E-state index < -0.39 is 6.09 Å². The first-order valence-electron chi connectivity index (χ1n) is 11.8. The largest absolute Gasteiger partial charge is 0.488 e. The highest BCUT2D eigenvalue weighted by molar-refractivity contribution is 7.22. The van der Waals surface area contributed by atoms with Gasteiger partial charge in [-0.15, -0.1) is 11.3 Å². The van der Waals surface area contributed by atoms with Crippen LogP contribution in [0, 0.1) is 6.92 Å². The molecule has 1 N–H and O–H groups in total. The summed E-state index contributed by atoms with van der Waals surface area (Å²) in [7, 11) is 1.57. The maximum Gasteiger partial charge on any atom is 0.407 e. The molecule has 3 aromatic heterocycles. The van der Waals surface area contributed by atoms with Crippen molar-refractivity contribution in [1.29, 1.82) is 0 Å². The monoisotopic (exact) mass is 513 g/mol. The third-order valence-corrected chi connectivity index (χ3v) is 7.53. The molecule has 1 aliphatic rings. The highest BCUT2D eigenvalue weighted by atomic mass is 32.1. The molecule has 0 saturated carbocycles. The highest BCUT2D eigenvalue weighted by Crippen LogP contribution is 2.41. The molecule has 37 heavy (non-hydrogen) atoms. The average Bonchev–Trinajstić information content (AvgIpc) is 3.51. The lowest BCUT2D eigenvalue weighted by molar-refractivity contribution is 0.113. The number of hydrogen-bond donors (Lipinski definition) is 1. The third-order valence-electron chi connectivity index (χ3n) is 6.37. The molecule has 1 amide bonds. The van der Waals surface area contributed by atoms with Crippen molar-refractivity contribution in [2.45, 2.75) is 26.0 Å². The van der Waals surface area contributed by atoms with Gasteiger partial charge in [0.1, 0.15) is 16.9 Å². The minimum atomic E-state index is -0.981. The van der Waals surface area contributed by atoms with E-state index in [0.29, 0.717) is 12.3 Å². The van der Waals surface area contributed by atoms with Gasteiger partial charge >= 0.3 is 6.09 Å². The summed E-state index contributed by atoms with van der Waals surface area (Å²) < 4.78 is 12.5. The molecule has 0 aliphatic carbocycles. The molecule has 5 aromatic rings. The summed E-state index contributed by atoms with van der Waals surface area (Å²) in [5.74, 6) is 1.24. The highest BCUT2D eigenvalue weighted by Gasteiger charge is 2.29. The van der Waals surface area contributed by atoms with Gasteiger partial charge in [0.25, 0.3) is 0 Å². The molecule has 0 spiro atoms. The van der Waals surface area contributed by atoms with Crippen LogP contribution in [0.3, 0.4) is 0 Å². The molecule has 0 fully saturated rings. The van der Waals surface area contributed by atoms with Crippen LogP contribution in [0.2, 0.25) is 0 Å². The number of aromatic nitrogens is 4. The average molecular weight is 514 g/mol. The number of benzene rings is 2. The summed E-state index contributed by atoms with van der Waals surface area (Å²) in [6.07, 6.45) is 4.29. The molecule has 0 bridgehead atoms. The van der Waals surface area contributed by atoms with Crippen molar-refractivity contribution in [1.82, 2.24) is 24.8 Å². The van der Waals surface area contributed by atoms with Crippen molar-refractivity contribution in [3.05, 3.63) is 71.7 Å². The number of carboxylic acid groups (broad SMARTS) is 1. The Morgan fingerprint density at radius 1 is 1.19 bits per heavy atom. The van der Waals surface area contributed by atoms with Crippen LogP contribution >= 0.6 is 11.3 Å². The lowest BCUT2D eigenvalue weighted by Crippen LogP contribution is -2.37. The number of pyridine rings is 1. The predicted molar refractivity (Wildman–Crippen MR) is 140 cm³/mol. The van der Waals surface area contributed by atoms with Crippen molar-refractivity contribution in [3.8, 4) is 22.2 Å². The van der Waals surface area contributed by atoms with Crippen LogP contribution in [0.1, 0.15) is 16.7 Å². The maximum absolute atomic E-state index is 11.9. The number of aryl methyl sites for hydroxylation is 1. The SMILES string of the molecule is COc1cnc2c(-c3nc4ccc5c(c4s3)CC(CN(Cc3ccncc3)C(=O)O)O5)cc(C)cc2n1. The summed E-state index contributed by atoms with van der Waals surface area (Å²) in [4.78, 5) is 31.4. The molecule has 4 heterocycles. The van der Waals surface area contributed by atoms with Gasteiger partial charge in [0.05, 0.1) is 41.1 Å². The van der Waals surface area contributed by atoms with Gasteiger partial charge in [-0.2, -0.15) is 0 Å². The summed E-state index contributed by atoms with van der Waals surface area (Å²) in [5, 5.41) is 10.6. The standard InChI is InChI=1S/C27H23N5O4S/c1-15-9-19(24-21(10-15)30-23(35-2)12-29-24)26-31-20-3-4-22-18(25(20)37-26)11-17(36-22)14-32(27(33)34)13-16-5-7-28-8-6-16/h3-10,12,17H,11,13-14H2,1-2H3,(H,33,34). The number of amides is 1. The van der Waals surface area contributed by atoms with Crippen LogP contribution in [-0.4, -0.2) is 55.8 Å². The Morgan fingerprint density at radius 2 is 2.03 bits per heavy atom. The normalized spacial score (nSPS) is 14.5. The molecule has 1 aliphatic heterocycles. The summed E-state index contributed by atoms with van der Waals surface area (Å²) in [6.45, 7) is 2.56. The lowest BCUT2D eigenvalue weighted by atomic mass is 10.1. The molecule has 1 atom stereocenters. The van der Waals surface area contributed by atoms with Gasteiger partial charge in [0.15, 0.2) is 0 Å². The smallest absolute Gasteiger partial charge is 0.407 e. The number of rotatable bonds is 6. The van der Waals surface area contributed by atoms with E-state index in [1.807, 2.05) is 37.3 Å². The number of fused-ring (bicyclic) bond motifs is 4. The Hall–Kier alpha value is -4.31. The van der Waals surface area contributed by atoms with Gasteiger partial charge in [-0.05, 0) is 54.4 Å². The summed E-state index contributed by atoms with van der Waals surface area (Å²) >= 11 is 1.59. The fourth-order valence-electron chi connectivity index (χ4n) is 4.67. The minimum Gasteiger partial charge on any atom is -0.488 e. The van der Waals surface area contributed by atoms with Crippen molar-refractivity contribution < 1.29 is 19.4 Å². The zero-order valence-electron chi connectivity index (χ0n) is 20.2. The van der Waals surface area contributed by atoms with Crippen LogP contribution in [0.5, 0.6) is 11.6 Å². The molecule has 186 valence electrons. The Labute approximate surface area is 216 Å². The third kappa shape index (κ3) is 4.40. The van der Waals surface area contributed by atoms with Gasteiger partial charge in [-0.25, -0.2) is 19.7 Å². The van der Waals surface area contributed by atoms with E-state index in [1.165, 1.54) is 4.90 Å². The van der Waals surface area contributed by atoms with Gasteiger partial charge in [-0.1, -0.05) is 0 Å². The quantitative estimate of drug-likeness (QED) is 0.334. The van der Waals surface area contributed by atoms with E-state index in [2.05, 4.69) is 21.0 Å². The number of methoxy groups -OCH3 is 1. The van der Waals surface area contributed by atoms with E-state index in [1.54, 1.807) is 37.0 Å². The molecule has 1 unspecified atom stereocenters. The number of ether oxygens (including phenoxy) is 2. The molecule has 10 heteroatoms. The second kappa shape index (κ2) is 9.29. The topological polar surface area (TPSA) is 111 Å². The number of thiazole rings is 1. The first-order valence-corrected chi connectivity index (χ1v) is 12.6. The molecule has 9 nitrogen and oxygen atoms in total. The van der Waals surface area contributed by atoms with Crippen LogP contribution in [0.25, 0.3) is 31.8 Å². The van der Waals surface area contributed by atoms with Crippen molar-refractivity contribution in [2.24, 2.45) is 0 Å². The Morgan fingerprint density at radius 3 is 2.81 bits per heavy atom. The zero-order chi connectivity index (χ0) is 25.5. The van der Waals surface area contributed by atoms with Gasteiger partial charge < -0.3 is 19.5 Å². The summed E-state index contributed by atoms with van der Waals surface area (Å²) in [5.41, 5.74) is 6.32. The lowest BCUT2D eigenvalue weighted by Gasteiger charge is -2.22. The number of carbonyl (C=O) groups is 1. The second-order valence-electron chi connectivity index (χ2n) is 8.96. The molecule has 0 radical (unpaired) electrons. The summed E-state index contributed by atoms with van der Waals surface area (Å²) in [6, 6.07) is 11.6. The first kappa shape index (κ1) is 23.1. The first-order chi connectivity index (χ1) is 18.0. The van der Waals surface area contributed by atoms with Crippen LogP contribution in [-0.2, 0) is 13.0 Å². The van der Waals surface area contributed by atoms with E-state index in [9.17, 15) is 9.90 Å². The zero-order valence-corrected chi connectivity index (χ0v) is 21.0. The fraction of sp³-hybridized carbons (Fsp3) is 0.222. The Kier molecular flexibility index (Phi) is 5.80. The van der Waals surface area contributed by atoms with E-state index in [-0.39, 0.29) is 19.2 Å². The molecule has 0 saturated heterocycles. The molecule has 2 aromatic carbocycles. The molecular weight excluding hydrogens is 490 g/mol. The van der Waals surface area contributed by atoms with E-state index >= 15 is 0 Å². The van der Waals surface area contributed by atoms with Crippen molar-refractivity contribution in [3.63, 3.8) is 0 Å². The van der Waals surface area contributed by atoms with E-state index in [0.717, 1.165) is 54.3 Å². The Bertz CT molecular complexity index is 1640. The molecule has 6 rings (SSSR count). The van der Waals surface area contributed by atoms with Crippen molar-refractivity contribution >= 4 is 38.7 Å². The van der Waals surface area contributed by atoms with Crippen molar-refractivity contribution in [2.75, 3.05) is 13.7 Å². The van der Waals surface area contributed by atoms with Gasteiger partial charge in [-0.3, -0.25) is 4.98 Å². The van der Waals surface area contributed by atoms with Crippen LogP contribution in [0.4, 0.5) is 4.79 Å². The van der Waals surface area contributed by atoms with Crippen LogP contribution in [0.15, 0.2) is 55.0 Å².